The second kappa shape index (κ2) is 7.67. The van der Waals surface area contributed by atoms with Crippen molar-refractivity contribution in [2.75, 3.05) is 11.5 Å². The van der Waals surface area contributed by atoms with E-state index < -0.39 is 11.6 Å². The lowest BCUT2D eigenvalue weighted by Gasteiger charge is -2.31. The van der Waals surface area contributed by atoms with Crippen LogP contribution in [0.3, 0.4) is 0 Å². The van der Waals surface area contributed by atoms with E-state index in [2.05, 4.69) is 64.1 Å². The maximum atomic E-state index is 14.4. The fourth-order valence-corrected chi connectivity index (χ4v) is 7.12. The highest BCUT2D eigenvalue weighted by molar-refractivity contribution is 5.73. The van der Waals surface area contributed by atoms with E-state index in [-0.39, 0.29) is 27.6 Å². The van der Waals surface area contributed by atoms with E-state index in [4.69, 9.17) is 11.5 Å². The minimum atomic E-state index is -0.402. The molecular formula is C33H32F2N2. The molecular weight excluding hydrogens is 462 g/mol. The molecule has 188 valence electrons. The van der Waals surface area contributed by atoms with Crippen LogP contribution in [0.1, 0.15) is 62.8 Å². The van der Waals surface area contributed by atoms with Crippen molar-refractivity contribution in [1.29, 1.82) is 0 Å². The first-order valence-corrected chi connectivity index (χ1v) is 12.8. The van der Waals surface area contributed by atoms with E-state index >= 15 is 0 Å². The van der Waals surface area contributed by atoms with Crippen LogP contribution in [-0.2, 0) is 16.2 Å². The summed E-state index contributed by atoms with van der Waals surface area (Å²) in [5, 5.41) is 0. The molecule has 4 heteroatoms. The van der Waals surface area contributed by atoms with Gasteiger partial charge in [0, 0.05) is 5.41 Å². The average molecular weight is 495 g/mol. The molecule has 2 aliphatic rings. The number of halogens is 2. The summed E-state index contributed by atoms with van der Waals surface area (Å²) in [6.07, 6.45) is 1.95. The molecule has 4 N–H and O–H groups in total. The first kappa shape index (κ1) is 23.7. The van der Waals surface area contributed by atoms with Crippen LogP contribution < -0.4 is 11.5 Å². The van der Waals surface area contributed by atoms with Gasteiger partial charge in [-0.25, -0.2) is 8.78 Å². The topological polar surface area (TPSA) is 52.0 Å². The number of fused-ring (bicyclic) bond motifs is 4. The highest BCUT2D eigenvalue weighted by atomic mass is 19.1. The predicted octanol–water partition coefficient (Wildman–Crippen LogP) is 8.11. The van der Waals surface area contributed by atoms with Gasteiger partial charge >= 0.3 is 0 Å². The van der Waals surface area contributed by atoms with E-state index in [1.807, 2.05) is 12.1 Å². The van der Waals surface area contributed by atoms with Crippen LogP contribution >= 0.6 is 0 Å². The summed E-state index contributed by atoms with van der Waals surface area (Å²) in [5.74, 6) is -0.804. The third-order valence-corrected chi connectivity index (χ3v) is 8.68. The summed E-state index contributed by atoms with van der Waals surface area (Å²) in [4.78, 5) is 0. The Morgan fingerprint density at radius 1 is 0.514 bits per heavy atom. The van der Waals surface area contributed by atoms with Gasteiger partial charge in [-0.3, -0.25) is 0 Å². The highest BCUT2D eigenvalue weighted by Crippen LogP contribution is 2.63. The Morgan fingerprint density at radius 2 is 0.865 bits per heavy atom. The van der Waals surface area contributed by atoms with Gasteiger partial charge in [0.25, 0.3) is 0 Å². The maximum absolute atomic E-state index is 14.4. The third-order valence-electron chi connectivity index (χ3n) is 8.68. The van der Waals surface area contributed by atoms with Gasteiger partial charge in [-0.2, -0.15) is 0 Å². The van der Waals surface area contributed by atoms with E-state index in [9.17, 15) is 8.78 Å². The largest absolute Gasteiger partial charge is 0.396 e. The molecule has 4 aromatic rings. The summed E-state index contributed by atoms with van der Waals surface area (Å²) in [6, 6.07) is 23.2. The third kappa shape index (κ3) is 3.49. The predicted molar refractivity (Wildman–Crippen MR) is 149 cm³/mol. The fourth-order valence-electron chi connectivity index (χ4n) is 7.12. The van der Waals surface area contributed by atoms with Gasteiger partial charge in [-0.1, -0.05) is 64.1 Å². The smallest absolute Gasteiger partial charge is 0.146 e. The minimum Gasteiger partial charge on any atom is -0.396 e. The number of benzene rings is 4. The first-order chi connectivity index (χ1) is 17.4. The van der Waals surface area contributed by atoms with Crippen molar-refractivity contribution in [2.24, 2.45) is 0 Å². The molecule has 0 aliphatic heterocycles. The monoisotopic (exact) mass is 494 g/mol. The van der Waals surface area contributed by atoms with Crippen LogP contribution in [0, 0.1) is 11.6 Å². The quantitative estimate of drug-likeness (QED) is 0.277. The Bertz CT molecular complexity index is 1460. The molecule has 0 aromatic heterocycles. The van der Waals surface area contributed by atoms with Crippen molar-refractivity contribution < 1.29 is 8.78 Å². The summed E-state index contributed by atoms with van der Waals surface area (Å²) in [6.45, 7) is 9.25. The van der Waals surface area contributed by atoms with Crippen LogP contribution in [-0.4, -0.2) is 0 Å². The van der Waals surface area contributed by atoms with E-state index in [0.717, 1.165) is 35.1 Å². The number of anilines is 2. The lowest BCUT2D eigenvalue weighted by molar-refractivity contribution is 0.350. The molecule has 2 nitrogen and oxygen atoms in total. The Morgan fingerprint density at radius 3 is 1.24 bits per heavy atom. The molecule has 0 heterocycles. The Kier molecular flexibility index (Phi) is 4.92. The standard InChI is InChI=1S/C33H32F2N2/c1-31(2)17-33(25-13-19(5-9-23(25)31)21-7-11-29(36)27(34)15-21)18-32(3,4)24-10-6-20(14-26(24)33)22-8-12-30(37)28(35)16-22/h5-16H,17-18,36-37H2,1-4H3. The number of nitrogens with two attached hydrogens (primary N) is 2. The van der Waals surface area contributed by atoms with E-state index in [0.29, 0.717) is 0 Å². The van der Waals surface area contributed by atoms with Crippen LogP contribution in [0.25, 0.3) is 22.3 Å². The fraction of sp³-hybridized carbons (Fsp3) is 0.273. The lowest BCUT2D eigenvalue weighted by atomic mass is 9.72. The van der Waals surface area contributed by atoms with Gasteiger partial charge in [0.2, 0.25) is 0 Å². The van der Waals surface area contributed by atoms with Crippen LogP contribution in [0.2, 0.25) is 0 Å². The van der Waals surface area contributed by atoms with Crippen molar-refractivity contribution in [2.45, 2.75) is 56.8 Å². The summed E-state index contributed by atoms with van der Waals surface area (Å²) >= 11 is 0. The average Bonchev–Trinajstić information content (AvgIpc) is 3.21. The molecule has 6 rings (SSSR count). The molecule has 2 aliphatic carbocycles. The van der Waals surface area contributed by atoms with Crippen LogP contribution in [0.5, 0.6) is 0 Å². The lowest BCUT2D eigenvalue weighted by Crippen LogP contribution is -2.27. The van der Waals surface area contributed by atoms with Gasteiger partial charge in [-0.05, 0) is 105 Å². The van der Waals surface area contributed by atoms with Crippen molar-refractivity contribution >= 4 is 11.4 Å². The molecule has 0 saturated heterocycles. The van der Waals surface area contributed by atoms with Gasteiger partial charge in [0.1, 0.15) is 11.6 Å². The van der Waals surface area contributed by atoms with Crippen molar-refractivity contribution in [3.05, 3.63) is 107 Å². The van der Waals surface area contributed by atoms with Crippen molar-refractivity contribution in [3.63, 3.8) is 0 Å². The summed E-state index contributed by atoms with van der Waals surface area (Å²) < 4.78 is 28.7. The summed E-state index contributed by atoms with van der Waals surface area (Å²) in [5.41, 5.74) is 20.4. The van der Waals surface area contributed by atoms with Gasteiger partial charge in [0.05, 0.1) is 11.4 Å². The molecule has 0 radical (unpaired) electrons. The molecule has 4 aromatic carbocycles. The molecule has 0 amide bonds. The molecule has 0 saturated carbocycles. The van der Waals surface area contributed by atoms with Gasteiger partial charge in [0.15, 0.2) is 0 Å². The molecule has 0 fully saturated rings. The number of hydrogen-bond acceptors (Lipinski definition) is 2. The second-order valence-corrected chi connectivity index (χ2v) is 12.2. The van der Waals surface area contributed by atoms with Gasteiger partial charge in [-0.15, -0.1) is 0 Å². The zero-order chi connectivity index (χ0) is 26.3. The molecule has 0 bridgehead atoms. The maximum Gasteiger partial charge on any atom is 0.146 e. The number of hydrogen-bond donors (Lipinski definition) is 2. The minimum absolute atomic E-state index is 0.0266. The van der Waals surface area contributed by atoms with Crippen molar-refractivity contribution in [3.8, 4) is 22.3 Å². The van der Waals surface area contributed by atoms with Crippen LogP contribution in [0.15, 0.2) is 72.8 Å². The molecule has 1 spiro atoms. The zero-order valence-corrected chi connectivity index (χ0v) is 21.8. The number of nitrogen functional groups attached to an aromatic ring is 2. The molecule has 0 unspecified atom stereocenters. The second-order valence-electron chi connectivity index (χ2n) is 12.2. The van der Waals surface area contributed by atoms with E-state index in [1.54, 1.807) is 12.1 Å². The Labute approximate surface area is 217 Å². The zero-order valence-electron chi connectivity index (χ0n) is 21.8. The SMILES string of the molecule is CC1(C)CC2(CC(C)(C)c3ccc(-c4ccc(N)c(F)c4)cc32)c2cc(-c3ccc(N)c(F)c3)ccc21. The summed E-state index contributed by atoms with van der Waals surface area (Å²) in [7, 11) is 0. The molecule has 37 heavy (non-hydrogen) atoms. The van der Waals surface area contributed by atoms with Crippen LogP contribution in [0.4, 0.5) is 20.2 Å². The van der Waals surface area contributed by atoms with Crippen molar-refractivity contribution in [1.82, 2.24) is 0 Å². The Balaban J connectivity index is 1.57. The normalized spacial score (nSPS) is 18.1. The van der Waals surface area contributed by atoms with Gasteiger partial charge < -0.3 is 11.5 Å². The van der Waals surface area contributed by atoms with E-state index in [1.165, 1.54) is 34.4 Å². The Hall–Kier alpha value is -3.66. The molecule has 0 atom stereocenters. The number of rotatable bonds is 2. The first-order valence-electron chi connectivity index (χ1n) is 12.8. The highest BCUT2D eigenvalue weighted by Gasteiger charge is 2.56.